The van der Waals surface area contributed by atoms with E-state index < -0.39 is 0 Å². The number of carbonyl (C=O) groups excluding carboxylic acids is 1. The van der Waals surface area contributed by atoms with E-state index in [2.05, 4.69) is 5.32 Å². The van der Waals surface area contributed by atoms with E-state index in [1.807, 2.05) is 17.5 Å². The standard InChI is InChI=1S/C10H13NO2S/c1-8(7-12)11-10(13)5-4-9-3-2-6-14-9/h2-6,8,12H,7H2,1H3,(H,11,13)/t8-/m1/s1. The van der Waals surface area contributed by atoms with E-state index in [1.54, 1.807) is 24.3 Å². The van der Waals surface area contributed by atoms with E-state index in [1.165, 1.54) is 6.08 Å². The summed E-state index contributed by atoms with van der Waals surface area (Å²) in [7, 11) is 0. The topological polar surface area (TPSA) is 49.3 Å². The Kier molecular flexibility index (Phi) is 4.35. The molecular weight excluding hydrogens is 198 g/mol. The first-order valence-electron chi connectivity index (χ1n) is 4.35. The molecule has 4 heteroatoms. The Bertz CT molecular complexity index is 306. The molecule has 0 fully saturated rings. The van der Waals surface area contributed by atoms with Crippen LogP contribution in [0.1, 0.15) is 11.8 Å². The Morgan fingerprint density at radius 2 is 2.57 bits per heavy atom. The Balaban J connectivity index is 2.41. The quantitative estimate of drug-likeness (QED) is 0.737. The summed E-state index contributed by atoms with van der Waals surface area (Å²) in [5, 5.41) is 13.3. The number of rotatable bonds is 4. The van der Waals surface area contributed by atoms with E-state index in [4.69, 9.17) is 5.11 Å². The number of nitrogens with one attached hydrogen (secondary N) is 1. The predicted octanol–water partition coefficient (Wildman–Crippen LogP) is 1.26. The average Bonchev–Trinajstić information content (AvgIpc) is 2.67. The van der Waals surface area contributed by atoms with Gasteiger partial charge in [0.25, 0.3) is 0 Å². The van der Waals surface area contributed by atoms with Crippen LogP contribution in [-0.4, -0.2) is 23.7 Å². The van der Waals surface area contributed by atoms with Crippen LogP contribution in [0.15, 0.2) is 23.6 Å². The molecule has 2 N–H and O–H groups in total. The molecule has 0 saturated carbocycles. The molecule has 0 aliphatic heterocycles. The van der Waals surface area contributed by atoms with Gasteiger partial charge in [0.05, 0.1) is 6.61 Å². The summed E-state index contributed by atoms with van der Waals surface area (Å²) in [6.07, 6.45) is 3.22. The van der Waals surface area contributed by atoms with Crippen molar-refractivity contribution < 1.29 is 9.90 Å². The lowest BCUT2D eigenvalue weighted by Gasteiger charge is -2.07. The molecule has 76 valence electrons. The van der Waals surface area contributed by atoms with Crippen LogP contribution in [0.3, 0.4) is 0 Å². The molecule has 1 amide bonds. The van der Waals surface area contributed by atoms with Gasteiger partial charge in [0.15, 0.2) is 0 Å². The van der Waals surface area contributed by atoms with Crippen LogP contribution < -0.4 is 5.32 Å². The molecular formula is C10H13NO2S. The number of aliphatic hydroxyl groups excluding tert-OH is 1. The van der Waals surface area contributed by atoms with E-state index in [-0.39, 0.29) is 18.6 Å². The van der Waals surface area contributed by atoms with Crippen molar-refractivity contribution in [2.24, 2.45) is 0 Å². The number of amides is 1. The normalized spacial score (nSPS) is 13.0. The van der Waals surface area contributed by atoms with Gasteiger partial charge in [-0.2, -0.15) is 0 Å². The fraction of sp³-hybridized carbons (Fsp3) is 0.300. The number of thiophene rings is 1. The van der Waals surface area contributed by atoms with E-state index in [9.17, 15) is 4.79 Å². The zero-order valence-corrected chi connectivity index (χ0v) is 8.75. The predicted molar refractivity (Wildman–Crippen MR) is 58.0 cm³/mol. The van der Waals surface area contributed by atoms with Crippen molar-refractivity contribution in [1.82, 2.24) is 5.32 Å². The summed E-state index contributed by atoms with van der Waals surface area (Å²) in [5.41, 5.74) is 0. The summed E-state index contributed by atoms with van der Waals surface area (Å²) < 4.78 is 0. The lowest BCUT2D eigenvalue weighted by Crippen LogP contribution is -2.33. The van der Waals surface area contributed by atoms with E-state index >= 15 is 0 Å². The van der Waals surface area contributed by atoms with Crippen LogP contribution in [0, 0.1) is 0 Å². The van der Waals surface area contributed by atoms with Crippen LogP contribution in [0.4, 0.5) is 0 Å². The smallest absolute Gasteiger partial charge is 0.244 e. The molecule has 0 aromatic carbocycles. The van der Waals surface area contributed by atoms with Crippen molar-refractivity contribution in [3.63, 3.8) is 0 Å². The first-order valence-corrected chi connectivity index (χ1v) is 5.23. The number of hydrogen-bond donors (Lipinski definition) is 2. The summed E-state index contributed by atoms with van der Waals surface area (Å²) in [4.78, 5) is 12.2. The fourth-order valence-corrected chi connectivity index (χ4v) is 1.50. The van der Waals surface area contributed by atoms with Crippen LogP contribution in [0.5, 0.6) is 0 Å². The minimum atomic E-state index is -0.199. The molecule has 1 heterocycles. The zero-order valence-electron chi connectivity index (χ0n) is 7.93. The van der Waals surface area contributed by atoms with E-state index in [0.29, 0.717) is 0 Å². The Hall–Kier alpha value is -1.13. The second-order valence-corrected chi connectivity index (χ2v) is 3.92. The molecule has 0 bridgehead atoms. The summed E-state index contributed by atoms with van der Waals surface area (Å²) in [6.45, 7) is 1.70. The van der Waals surface area contributed by atoms with Gasteiger partial charge in [-0.3, -0.25) is 4.79 Å². The van der Waals surface area contributed by atoms with Crippen LogP contribution >= 0.6 is 11.3 Å². The van der Waals surface area contributed by atoms with Gasteiger partial charge in [-0.15, -0.1) is 11.3 Å². The van der Waals surface area contributed by atoms with Crippen molar-refractivity contribution in [2.75, 3.05) is 6.61 Å². The highest BCUT2D eigenvalue weighted by Crippen LogP contribution is 2.09. The van der Waals surface area contributed by atoms with Gasteiger partial charge in [-0.25, -0.2) is 0 Å². The molecule has 0 saturated heterocycles. The van der Waals surface area contributed by atoms with Crippen LogP contribution in [0.2, 0.25) is 0 Å². The maximum absolute atomic E-state index is 11.2. The molecule has 0 spiro atoms. The molecule has 14 heavy (non-hydrogen) atoms. The maximum Gasteiger partial charge on any atom is 0.244 e. The minimum Gasteiger partial charge on any atom is -0.394 e. The SMILES string of the molecule is C[C@H](CO)NC(=O)C=Cc1cccs1. The fourth-order valence-electron chi connectivity index (χ4n) is 0.881. The van der Waals surface area contributed by atoms with Gasteiger partial charge in [0.2, 0.25) is 5.91 Å². The van der Waals surface area contributed by atoms with Gasteiger partial charge in [0.1, 0.15) is 0 Å². The van der Waals surface area contributed by atoms with Gasteiger partial charge in [-0.05, 0) is 24.4 Å². The summed E-state index contributed by atoms with van der Waals surface area (Å²) >= 11 is 1.57. The zero-order chi connectivity index (χ0) is 10.4. The van der Waals surface area contributed by atoms with Gasteiger partial charge >= 0.3 is 0 Å². The van der Waals surface area contributed by atoms with Crippen LogP contribution in [-0.2, 0) is 4.79 Å². The highest BCUT2D eigenvalue weighted by Gasteiger charge is 2.01. The number of aliphatic hydroxyl groups is 1. The van der Waals surface area contributed by atoms with Gasteiger partial charge in [-0.1, -0.05) is 6.07 Å². The van der Waals surface area contributed by atoms with Crippen molar-refractivity contribution in [2.45, 2.75) is 13.0 Å². The minimum absolute atomic E-state index is 0.0431. The second kappa shape index (κ2) is 5.57. The molecule has 3 nitrogen and oxygen atoms in total. The third kappa shape index (κ3) is 3.72. The third-order valence-corrected chi connectivity index (χ3v) is 2.44. The van der Waals surface area contributed by atoms with Crippen molar-refractivity contribution in [1.29, 1.82) is 0 Å². The Morgan fingerprint density at radius 3 is 3.14 bits per heavy atom. The van der Waals surface area contributed by atoms with Gasteiger partial charge < -0.3 is 10.4 Å². The van der Waals surface area contributed by atoms with Crippen molar-refractivity contribution in [3.8, 4) is 0 Å². The monoisotopic (exact) mass is 211 g/mol. The van der Waals surface area contributed by atoms with Crippen LogP contribution in [0.25, 0.3) is 6.08 Å². The Morgan fingerprint density at radius 1 is 1.79 bits per heavy atom. The first-order chi connectivity index (χ1) is 6.72. The van der Waals surface area contributed by atoms with E-state index in [0.717, 1.165) is 4.88 Å². The molecule has 0 aliphatic rings. The average molecular weight is 211 g/mol. The highest BCUT2D eigenvalue weighted by atomic mass is 32.1. The largest absolute Gasteiger partial charge is 0.394 e. The number of carbonyl (C=O) groups is 1. The van der Waals surface area contributed by atoms with Crippen molar-refractivity contribution in [3.05, 3.63) is 28.5 Å². The number of hydrogen-bond acceptors (Lipinski definition) is 3. The Labute approximate surface area is 87.1 Å². The molecule has 1 rings (SSSR count). The lowest BCUT2D eigenvalue weighted by atomic mass is 10.3. The molecule has 1 aromatic heterocycles. The lowest BCUT2D eigenvalue weighted by molar-refractivity contribution is -0.117. The van der Waals surface area contributed by atoms with Crippen molar-refractivity contribution >= 4 is 23.3 Å². The van der Waals surface area contributed by atoms with Gasteiger partial charge in [0, 0.05) is 17.0 Å². The molecule has 1 atom stereocenters. The maximum atomic E-state index is 11.2. The molecule has 0 aliphatic carbocycles. The molecule has 1 aromatic rings. The molecule has 0 unspecified atom stereocenters. The third-order valence-electron chi connectivity index (χ3n) is 1.60. The highest BCUT2D eigenvalue weighted by molar-refractivity contribution is 7.10. The summed E-state index contributed by atoms with van der Waals surface area (Å²) in [5.74, 6) is -0.181. The second-order valence-electron chi connectivity index (χ2n) is 2.94. The summed E-state index contributed by atoms with van der Waals surface area (Å²) in [6, 6.07) is 3.66. The first kappa shape index (κ1) is 10.9. The molecule has 0 radical (unpaired) electrons.